The van der Waals surface area contributed by atoms with E-state index in [4.69, 9.17) is 11.2 Å². The van der Waals surface area contributed by atoms with Crippen molar-refractivity contribution in [2.24, 2.45) is 11.8 Å². The summed E-state index contributed by atoms with van der Waals surface area (Å²) in [6, 6.07) is 0. The Morgan fingerprint density at radius 1 is 1.24 bits per heavy atom. The van der Waals surface area contributed by atoms with Crippen LogP contribution in [-0.4, -0.2) is 48.0 Å². The molecule has 3 nitrogen and oxygen atoms in total. The number of likely N-dealkylation sites (tertiary alicyclic amines) is 1. The first-order valence-electron chi connectivity index (χ1n) is 8.55. The van der Waals surface area contributed by atoms with Gasteiger partial charge in [-0.15, -0.1) is 6.42 Å². The molecule has 3 atom stereocenters. The maximum Gasteiger partial charge on any atom is 0.128 e. The summed E-state index contributed by atoms with van der Waals surface area (Å²) in [5.41, 5.74) is -0.415. The summed E-state index contributed by atoms with van der Waals surface area (Å²) >= 11 is 0. The lowest BCUT2D eigenvalue weighted by atomic mass is 9.85. The van der Waals surface area contributed by atoms with Gasteiger partial charge in [-0.25, -0.2) is 0 Å². The molecule has 0 aromatic heterocycles. The molecule has 0 aromatic rings. The summed E-state index contributed by atoms with van der Waals surface area (Å²) in [7, 11) is 0. The Kier molecular flexibility index (Phi) is 6.10. The van der Waals surface area contributed by atoms with Crippen LogP contribution in [0.3, 0.4) is 0 Å². The molecule has 2 rings (SSSR count). The van der Waals surface area contributed by atoms with Crippen molar-refractivity contribution >= 4 is 0 Å². The van der Waals surface area contributed by atoms with Crippen molar-refractivity contribution in [3.63, 3.8) is 0 Å². The summed E-state index contributed by atoms with van der Waals surface area (Å²) in [6.07, 6.45) is 11.9. The molecule has 21 heavy (non-hydrogen) atoms. The molecular formula is C18H31NO2. The second-order valence-corrected chi connectivity index (χ2v) is 7.33. The Labute approximate surface area is 130 Å². The van der Waals surface area contributed by atoms with Gasteiger partial charge in [0.15, 0.2) is 0 Å². The zero-order valence-corrected chi connectivity index (χ0v) is 13.7. The quantitative estimate of drug-likeness (QED) is 0.791. The van der Waals surface area contributed by atoms with E-state index < -0.39 is 11.7 Å². The molecule has 1 aliphatic carbocycles. The van der Waals surface area contributed by atoms with Gasteiger partial charge < -0.3 is 14.7 Å². The Morgan fingerprint density at radius 3 is 2.43 bits per heavy atom. The lowest BCUT2D eigenvalue weighted by molar-refractivity contribution is -0.0723. The van der Waals surface area contributed by atoms with Crippen LogP contribution in [0.1, 0.15) is 52.4 Å². The summed E-state index contributed by atoms with van der Waals surface area (Å²) in [5, 5.41) is 10.3. The van der Waals surface area contributed by atoms with Gasteiger partial charge in [-0.2, -0.15) is 0 Å². The van der Waals surface area contributed by atoms with Crippen molar-refractivity contribution in [3.8, 4) is 12.3 Å². The smallest absolute Gasteiger partial charge is 0.128 e. The molecular weight excluding hydrogens is 262 g/mol. The van der Waals surface area contributed by atoms with Gasteiger partial charge in [0.05, 0.1) is 12.7 Å². The number of ether oxygens (including phenoxy) is 1. The Morgan fingerprint density at radius 2 is 1.86 bits per heavy atom. The maximum atomic E-state index is 10.3. The minimum Gasteiger partial charge on any atom is -0.389 e. The van der Waals surface area contributed by atoms with E-state index in [0.29, 0.717) is 13.2 Å². The highest BCUT2D eigenvalue weighted by atomic mass is 16.5. The average molecular weight is 293 g/mol. The van der Waals surface area contributed by atoms with Crippen molar-refractivity contribution in [1.29, 1.82) is 0 Å². The molecule has 0 radical (unpaired) electrons. The summed E-state index contributed by atoms with van der Waals surface area (Å²) in [6.45, 7) is 7.82. The first-order valence-corrected chi connectivity index (χ1v) is 8.55. The highest BCUT2D eigenvalue weighted by Gasteiger charge is 2.32. The molecule has 120 valence electrons. The number of aliphatic hydroxyl groups is 1. The number of hydrogen-bond donors (Lipinski definition) is 1. The van der Waals surface area contributed by atoms with Crippen LogP contribution < -0.4 is 0 Å². The fraction of sp³-hybridized carbons (Fsp3) is 0.889. The number of β-amino-alcohol motifs (C(OH)–C–C–N with tert-alkyl or cyclic N) is 1. The van der Waals surface area contributed by atoms with Gasteiger partial charge in [0, 0.05) is 19.6 Å². The minimum atomic E-state index is -0.436. The van der Waals surface area contributed by atoms with Crippen molar-refractivity contribution < 1.29 is 9.84 Å². The number of piperidine rings is 1. The second-order valence-electron chi connectivity index (χ2n) is 7.33. The van der Waals surface area contributed by atoms with Crippen LogP contribution in [0.15, 0.2) is 0 Å². The minimum absolute atomic E-state index is 0.365. The van der Waals surface area contributed by atoms with E-state index >= 15 is 0 Å². The Hall–Kier alpha value is -0.560. The molecule has 0 aromatic carbocycles. The number of rotatable bonds is 5. The fourth-order valence-electron chi connectivity index (χ4n) is 4.00. The first-order chi connectivity index (χ1) is 10.0. The SMILES string of the molecule is C#CC1(OCC(O)CN2CC(C)CC(C)C2)CCCCC1. The van der Waals surface area contributed by atoms with Gasteiger partial charge in [-0.3, -0.25) is 0 Å². The van der Waals surface area contributed by atoms with Crippen LogP contribution >= 0.6 is 0 Å². The van der Waals surface area contributed by atoms with Crippen LogP contribution in [0.4, 0.5) is 0 Å². The van der Waals surface area contributed by atoms with Crippen molar-refractivity contribution in [3.05, 3.63) is 0 Å². The summed E-state index contributed by atoms with van der Waals surface area (Å²) in [5.74, 6) is 4.28. The van der Waals surface area contributed by atoms with E-state index in [2.05, 4.69) is 24.7 Å². The van der Waals surface area contributed by atoms with Crippen LogP contribution in [-0.2, 0) is 4.74 Å². The second kappa shape index (κ2) is 7.63. The molecule has 1 saturated heterocycles. The van der Waals surface area contributed by atoms with Gasteiger partial charge in [0.1, 0.15) is 5.60 Å². The number of aliphatic hydroxyl groups excluding tert-OH is 1. The predicted octanol–water partition coefficient (Wildman–Crippen LogP) is 2.68. The standard InChI is InChI=1S/C18H31NO2/c1-4-18(8-6-5-7-9-18)21-14-17(20)13-19-11-15(2)10-16(3)12-19/h1,15-17,20H,5-14H2,2-3H3. The molecule has 1 N–H and O–H groups in total. The largest absolute Gasteiger partial charge is 0.389 e. The Bertz CT molecular complexity index is 347. The highest BCUT2D eigenvalue weighted by molar-refractivity contribution is 5.09. The molecule has 2 aliphatic rings. The maximum absolute atomic E-state index is 10.3. The van der Waals surface area contributed by atoms with Crippen molar-refractivity contribution in [1.82, 2.24) is 4.90 Å². The molecule has 0 bridgehead atoms. The fourth-order valence-corrected chi connectivity index (χ4v) is 4.00. The molecule has 1 heterocycles. The number of hydrogen-bond acceptors (Lipinski definition) is 3. The monoisotopic (exact) mass is 293 g/mol. The van der Waals surface area contributed by atoms with E-state index in [1.54, 1.807) is 0 Å². The molecule has 3 unspecified atom stereocenters. The van der Waals surface area contributed by atoms with Crippen LogP contribution in [0.5, 0.6) is 0 Å². The summed E-state index contributed by atoms with van der Waals surface area (Å²) < 4.78 is 5.96. The van der Waals surface area contributed by atoms with E-state index in [9.17, 15) is 5.11 Å². The number of terminal acetylenes is 1. The normalized spacial score (nSPS) is 31.5. The van der Waals surface area contributed by atoms with E-state index in [1.807, 2.05) is 0 Å². The average Bonchev–Trinajstić information content (AvgIpc) is 2.45. The lowest BCUT2D eigenvalue weighted by Crippen LogP contribution is -2.45. The van der Waals surface area contributed by atoms with Gasteiger partial charge in [0.25, 0.3) is 0 Å². The molecule has 0 amide bonds. The van der Waals surface area contributed by atoms with Crippen LogP contribution in [0.2, 0.25) is 0 Å². The van der Waals surface area contributed by atoms with Crippen molar-refractivity contribution in [2.45, 2.75) is 64.1 Å². The molecule has 3 heteroatoms. The third-order valence-electron chi connectivity index (χ3n) is 4.89. The first kappa shape index (κ1) is 16.8. The van der Waals surface area contributed by atoms with Gasteiger partial charge >= 0.3 is 0 Å². The zero-order valence-electron chi connectivity index (χ0n) is 13.7. The van der Waals surface area contributed by atoms with E-state index in [-0.39, 0.29) is 0 Å². The van der Waals surface area contributed by atoms with Gasteiger partial charge in [-0.05, 0) is 43.9 Å². The third kappa shape index (κ3) is 4.98. The predicted molar refractivity (Wildman–Crippen MR) is 86.0 cm³/mol. The van der Waals surface area contributed by atoms with Gasteiger partial charge in [-0.1, -0.05) is 26.2 Å². The molecule has 1 aliphatic heterocycles. The molecule has 1 saturated carbocycles. The Balaban J connectivity index is 1.76. The summed E-state index contributed by atoms with van der Waals surface area (Å²) in [4.78, 5) is 2.37. The lowest BCUT2D eigenvalue weighted by Gasteiger charge is -2.37. The van der Waals surface area contributed by atoms with Crippen LogP contribution in [0, 0.1) is 24.2 Å². The third-order valence-corrected chi connectivity index (χ3v) is 4.89. The van der Waals surface area contributed by atoms with Gasteiger partial charge in [0.2, 0.25) is 0 Å². The molecule has 2 fully saturated rings. The topological polar surface area (TPSA) is 32.7 Å². The van der Waals surface area contributed by atoms with Crippen LogP contribution in [0.25, 0.3) is 0 Å². The van der Waals surface area contributed by atoms with Crippen molar-refractivity contribution in [2.75, 3.05) is 26.2 Å². The molecule has 0 spiro atoms. The van der Waals surface area contributed by atoms with E-state index in [0.717, 1.165) is 50.6 Å². The highest BCUT2D eigenvalue weighted by Crippen LogP contribution is 2.31. The zero-order chi connectivity index (χ0) is 15.3. The van der Waals surface area contributed by atoms with E-state index in [1.165, 1.54) is 12.8 Å². The number of nitrogens with zero attached hydrogens (tertiary/aromatic N) is 1.